The first-order valence-corrected chi connectivity index (χ1v) is 5.21. The van der Waals surface area contributed by atoms with Crippen LogP contribution < -0.4 is 9.47 Å². The molecule has 1 unspecified atom stereocenters. The summed E-state index contributed by atoms with van der Waals surface area (Å²) in [5.41, 5.74) is 0.941. The summed E-state index contributed by atoms with van der Waals surface area (Å²) in [6, 6.07) is 7.56. The van der Waals surface area contributed by atoms with Gasteiger partial charge in [-0.1, -0.05) is 6.07 Å². The van der Waals surface area contributed by atoms with Crippen molar-refractivity contribution in [2.75, 3.05) is 14.2 Å². The monoisotopic (exact) mass is 239 g/mol. The van der Waals surface area contributed by atoms with Gasteiger partial charge in [-0.15, -0.1) is 11.6 Å². The second-order valence-corrected chi connectivity index (χ2v) is 4.51. The fourth-order valence-corrected chi connectivity index (χ4v) is 1.57. The lowest BCUT2D eigenvalue weighted by atomic mass is 10.0. The largest absolute Gasteiger partial charge is 0.493 e. The van der Waals surface area contributed by atoms with E-state index in [4.69, 9.17) is 26.3 Å². The van der Waals surface area contributed by atoms with E-state index in [-0.39, 0.29) is 0 Å². The third-order valence-corrected chi connectivity index (χ3v) is 2.44. The molecule has 1 aromatic carbocycles. The zero-order chi connectivity index (χ0) is 12.2. The Bertz CT molecular complexity index is 410. The molecule has 0 bridgehead atoms. The number of halogens is 1. The van der Waals surface area contributed by atoms with Crippen molar-refractivity contribution in [1.82, 2.24) is 0 Å². The van der Waals surface area contributed by atoms with Crippen LogP contribution in [0.15, 0.2) is 18.2 Å². The van der Waals surface area contributed by atoms with Crippen LogP contribution in [0.5, 0.6) is 11.5 Å². The van der Waals surface area contributed by atoms with Gasteiger partial charge in [0.2, 0.25) is 0 Å². The van der Waals surface area contributed by atoms with E-state index in [2.05, 4.69) is 0 Å². The molecule has 86 valence electrons. The molecule has 0 heterocycles. The molecule has 0 spiro atoms. The number of nitrogens with zero attached hydrogens (tertiary/aromatic N) is 1. The van der Waals surface area contributed by atoms with E-state index in [9.17, 15) is 0 Å². The lowest BCUT2D eigenvalue weighted by Crippen LogP contribution is -2.16. The minimum Gasteiger partial charge on any atom is -0.493 e. The van der Waals surface area contributed by atoms with Crippen LogP contribution in [0.3, 0.4) is 0 Å². The van der Waals surface area contributed by atoms with E-state index in [1.165, 1.54) is 0 Å². The van der Waals surface area contributed by atoms with Crippen molar-refractivity contribution >= 4 is 11.6 Å². The Morgan fingerprint density at radius 2 is 1.94 bits per heavy atom. The SMILES string of the molecule is COc1ccc(CC(C)(Cl)C#N)cc1OC. The minimum atomic E-state index is -0.889. The standard InChI is InChI=1S/C12H14ClNO2/c1-12(13,8-14)7-9-4-5-10(15-2)11(6-9)16-3/h4-6H,7H2,1-3H3. The van der Waals surface area contributed by atoms with Crippen LogP contribution in [-0.4, -0.2) is 19.1 Å². The van der Waals surface area contributed by atoms with Crippen molar-refractivity contribution in [3.05, 3.63) is 23.8 Å². The normalized spacial score (nSPS) is 13.7. The molecule has 1 atom stereocenters. The number of alkyl halides is 1. The maximum atomic E-state index is 8.84. The molecule has 16 heavy (non-hydrogen) atoms. The van der Waals surface area contributed by atoms with Gasteiger partial charge in [0.05, 0.1) is 20.3 Å². The average molecular weight is 240 g/mol. The third-order valence-electron chi connectivity index (χ3n) is 2.22. The molecule has 1 aromatic rings. The maximum Gasteiger partial charge on any atom is 0.160 e. The highest BCUT2D eigenvalue weighted by Crippen LogP contribution is 2.30. The first-order chi connectivity index (χ1) is 7.52. The fourth-order valence-electron chi connectivity index (χ4n) is 1.41. The van der Waals surface area contributed by atoms with Gasteiger partial charge in [-0.2, -0.15) is 5.26 Å². The second kappa shape index (κ2) is 5.09. The number of methoxy groups -OCH3 is 2. The Kier molecular flexibility index (Phi) is 4.03. The molecule has 0 aromatic heterocycles. The summed E-state index contributed by atoms with van der Waals surface area (Å²) in [4.78, 5) is -0.889. The molecule has 0 aliphatic carbocycles. The Morgan fingerprint density at radius 1 is 1.31 bits per heavy atom. The highest BCUT2D eigenvalue weighted by Gasteiger charge is 2.21. The van der Waals surface area contributed by atoms with Crippen LogP contribution in [-0.2, 0) is 6.42 Å². The topological polar surface area (TPSA) is 42.2 Å². The number of rotatable bonds is 4. The van der Waals surface area contributed by atoms with Crippen molar-refractivity contribution in [3.63, 3.8) is 0 Å². The van der Waals surface area contributed by atoms with E-state index >= 15 is 0 Å². The van der Waals surface area contributed by atoms with Gasteiger partial charge < -0.3 is 9.47 Å². The molecule has 0 aliphatic rings. The van der Waals surface area contributed by atoms with Gasteiger partial charge in [-0.05, 0) is 24.6 Å². The van der Waals surface area contributed by atoms with Crippen molar-refractivity contribution < 1.29 is 9.47 Å². The van der Waals surface area contributed by atoms with Crippen LogP contribution in [0, 0.1) is 11.3 Å². The number of ether oxygens (including phenoxy) is 2. The van der Waals surface area contributed by atoms with E-state index < -0.39 is 4.87 Å². The number of benzene rings is 1. The molecule has 0 aliphatic heterocycles. The Balaban J connectivity index is 2.97. The van der Waals surface area contributed by atoms with Crippen molar-refractivity contribution in [3.8, 4) is 17.6 Å². The number of hydrogen-bond acceptors (Lipinski definition) is 3. The first kappa shape index (κ1) is 12.7. The molecule has 4 heteroatoms. The molecular weight excluding hydrogens is 226 g/mol. The van der Waals surface area contributed by atoms with Crippen LogP contribution in [0.4, 0.5) is 0 Å². The Morgan fingerprint density at radius 3 is 2.44 bits per heavy atom. The predicted molar refractivity (Wildman–Crippen MR) is 63.1 cm³/mol. The zero-order valence-corrected chi connectivity index (χ0v) is 10.3. The molecule has 3 nitrogen and oxygen atoms in total. The summed E-state index contributed by atoms with van der Waals surface area (Å²) >= 11 is 5.99. The van der Waals surface area contributed by atoms with Gasteiger partial charge >= 0.3 is 0 Å². The molecule has 0 saturated heterocycles. The average Bonchev–Trinajstić information content (AvgIpc) is 2.28. The number of nitriles is 1. The maximum absolute atomic E-state index is 8.84. The first-order valence-electron chi connectivity index (χ1n) is 4.83. The number of hydrogen-bond donors (Lipinski definition) is 0. The molecular formula is C12H14ClNO2. The van der Waals surface area contributed by atoms with E-state index in [0.717, 1.165) is 5.56 Å². The summed E-state index contributed by atoms with van der Waals surface area (Å²) in [6.45, 7) is 1.69. The zero-order valence-electron chi connectivity index (χ0n) is 9.58. The Labute approximate surface area is 101 Å². The molecule has 0 N–H and O–H groups in total. The predicted octanol–water partition coefficient (Wildman–Crippen LogP) is 2.77. The molecule has 0 fully saturated rings. The summed E-state index contributed by atoms with van der Waals surface area (Å²) in [5, 5.41) is 8.84. The lowest BCUT2D eigenvalue weighted by molar-refractivity contribution is 0.354. The lowest BCUT2D eigenvalue weighted by Gasteiger charge is -2.14. The van der Waals surface area contributed by atoms with E-state index in [1.807, 2.05) is 18.2 Å². The van der Waals surface area contributed by atoms with Gasteiger partial charge in [-0.25, -0.2) is 0 Å². The van der Waals surface area contributed by atoms with Crippen molar-refractivity contribution in [1.29, 1.82) is 5.26 Å². The van der Waals surface area contributed by atoms with Crippen LogP contribution in [0.1, 0.15) is 12.5 Å². The molecule has 1 rings (SSSR count). The smallest absolute Gasteiger partial charge is 0.160 e. The van der Waals surface area contributed by atoms with E-state index in [1.54, 1.807) is 27.2 Å². The van der Waals surface area contributed by atoms with E-state index in [0.29, 0.717) is 17.9 Å². The fraction of sp³-hybridized carbons (Fsp3) is 0.417. The van der Waals surface area contributed by atoms with Crippen molar-refractivity contribution in [2.24, 2.45) is 0 Å². The highest BCUT2D eigenvalue weighted by molar-refractivity contribution is 6.25. The summed E-state index contributed by atoms with van der Waals surface area (Å²) in [5.74, 6) is 1.31. The van der Waals surface area contributed by atoms with Gasteiger partial charge in [0.25, 0.3) is 0 Å². The molecule has 0 saturated carbocycles. The molecule has 0 radical (unpaired) electrons. The molecule has 0 amide bonds. The van der Waals surface area contributed by atoms with Gasteiger partial charge in [0, 0.05) is 6.42 Å². The van der Waals surface area contributed by atoms with Crippen LogP contribution >= 0.6 is 11.6 Å². The third kappa shape index (κ3) is 3.04. The van der Waals surface area contributed by atoms with Crippen LogP contribution in [0.25, 0.3) is 0 Å². The van der Waals surface area contributed by atoms with Gasteiger partial charge in [0.1, 0.15) is 4.87 Å². The van der Waals surface area contributed by atoms with Crippen molar-refractivity contribution in [2.45, 2.75) is 18.2 Å². The summed E-state index contributed by atoms with van der Waals surface area (Å²) in [6.07, 6.45) is 0.464. The van der Waals surface area contributed by atoms with Gasteiger partial charge in [-0.3, -0.25) is 0 Å². The summed E-state index contributed by atoms with van der Waals surface area (Å²) in [7, 11) is 3.16. The minimum absolute atomic E-state index is 0.464. The second-order valence-electron chi connectivity index (χ2n) is 3.68. The quantitative estimate of drug-likeness (QED) is 0.759. The Hall–Kier alpha value is -1.40. The highest BCUT2D eigenvalue weighted by atomic mass is 35.5. The van der Waals surface area contributed by atoms with Crippen LogP contribution in [0.2, 0.25) is 0 Å². The van der Waals surface area contributed by atoms with Gasteiger partial charge in [0.15, 0.2) is 11.5 Å². The summed E-state index contributed by atoms with van der Waals surface area (Å²) < 4.78 is 10.3.